The van der Waals surface area contributed by atoms with Crippen molar-refractivity contribution in [2.24, 2.45) is 5.92 Å². The molecule has 2 heterocycles. The number of benzene rings is 2. The van der Waals surface area contributed by atoms with Crippen molar-refractivity contribution in [1.29, 1.82) is 0 Å². The van der Waals surface area contributed by atoms with Crippen molar-refractivity contribution in [3.05, 3.63) is 64.1 Å². The Morgan fingerprint density at radius 3 is 2.21 bits per heavy atom. The lowest BCUT2D eigenvalue weighted by Gasteiger charge is -2.33. The Hall–Kier alpha value is -2.84. The van der Waals surface area contributed by atoms with Gasteiger partial charge in [0.05, 0.1) is 23.7 Å². The van der Waals surface area contributed by atoms with E-state index in [4.69, 9.17) is 4.74 Å². The molecule has 4 rings (SSSR count). The molecule has 0 aromatic heterocycles. The van der Waals surface area contributed by atoms with E-state index in [0.717, 1.165) is 30.4 Å². The van der Waals surface area contributed by atoms with Gasteiger partial charge < -0.3 is 4.74 Å². The molecule has 1 atom stereocenters. The van der Waals surface area contributed by atoms with Crippen molar-refractivity contribution in [3.63, 3.8) is 0 Å². The minimum Gasteiger partial charge on any atom is -0.454 e. The number of imide groups is 1. The molecule has 2 aromatic rings. The summed E-state index contributed by atoms with van der Waals surface area (Å²) in [7, 11) is 0. The Labute approximate surface area is 200 Å². The maximum atomic E-state index is 13.0. The van der Waals surface area contributed by atoms with Crippen LogP contribution in [-0.4, -0.2) is 54.2 Å². The highest BCUT2D eigenvalue weighted by atomic mass is 79.9. The summed E-state index contributed by atoms with van der Waals surface area (Å²) in [6.07, 6.45) is 2.23. The summed E-state index contributed by atoms with van der Waals surface area (Å²) in [5.41, 5.74) is 1.12. The lowest BCUT2D eigenvalue weighted by atomic mass is 9.97. The van der Waals surface area contributed by atoms with E-state index in [-0.39, 0.29) is 36.2 Å². The smallest absolute Gasteiger partial charge is 0.338 e. The van der Waals surface area contributed by atoms with Gasteiger partial charge in [0.25, 0.3) is 5.91 Å². The number of esters is 1. The maximum Gasteiger partial charge on any atom is 0.338 e. The molecule has 0 bridgehead atoms. The number of anilines is 1. The Bertz CT molecular complexity index is 1060. The average Bonchev–Trinajstić information content (AvgIpc) is 3.12. The van der Waals surface area contributed by atoms with Gasteiger partial charge in [-0.15, -0.1) is 0 Å². The number of ether oxygens (including phenoxy) is 1. The predicted molar refractivity (Wildman–Crippen MR) is 126 cm³/mol. The first kappa shape index (κ1) is 23.3. The SMILES string of the molecule is CC1CCN(C2CC(=O)N(c3ccc(C(=O)OCC(=O)c4ccc(Br)cc4)cc3)C2=O)CC1. The first-order chi connectivity index (χ1) is 15.8. The fourth-order valence-electron chi connectivity index (χ4n) is 4.19. The van der Waals surface area contributed by atoms with Crippen LogP contribution in [-0.2, 0) is 14.3 Å². The van der Waals surface area contributed by atoms with Crippen LogP contribution in [0.2, 0.25) is 0 Å². The summed E-state index contributed by atoms with van der Waals surface area (Å²) in [4.78, 5) is 53.4. The molecule has 0 N–H and O–H groups in total. The number of carbonyl (C=O) groups is 4. The van der Waals surface area contributed by atoms with Gasteiger partial charge in [-0.3, -0.25) is 19.3 Å². The number of halogens is 1. The second kappa shape index (κ2) is 9.97. The number of amides is 2. The van der Waals surface area contributed by atoms with E-state index >= 15 is 0 Å². The highest BCUT2D eigenvalue weighted by molar-refractivity contribution is 9.10. The second-order valence-corrected chi connectivity index (χ2v) is 9.47. The molecule has 2 saturated heterocycles. The average molecular weight is 513 g/mol. The molecule has 0 saturated carbocycles. The van der Waals surface area contributed by atoms with Crippen LogP contribution in [0.1, 0.15) is 46.9 Å². The first-order valence-electron chi connectivity index (χ1n) is 11.0. The van der Waals surface area contributed by atoms with Crippen molar-refractivity contribution in [1.82, 2.24) is 4.90 Å². The molecule has 2 amide bonds. The number of hydrogen-bond donors (Lipinski definition) is 0. The Balaban J connectivity index is 1.36. The third-order valence-electron chi connectivity index (χ3n) is 6.24. The van der Waals surface area contributed by atoms with Gasteiger partial charge in [-0.25, -0.2) is 9.69 Å². The van der Waals surface area contributed by atoms with Gasteiger partial charge >= 0.3 is 5.97 Å². The van der Waals surface area contributed by atoms with Crippen LogP contribution in [0.25, 0.3) is 0 Å². The molecule has 2 aromatic carbocycles. The van der Waals surface area contributed by atoms with Crippen molar-refractivity contribution in [2.75, 3.05) is 24.6 Å². The van der Waals surface area contributed by atoms with Crippen LogP contribution in [0.15, 0.2) is 53.0 Å². The van der Waals surface area contributed by atoms with Crippen LogP contribution >= 0.6 is 15.9 Å². The van der Waals surface area contributed by atoms with Crippen LogP contribution in [0, 0.1) is 5.92 Å². The summed E-state index contributed by atoms with van der Waals surface area (Å²) in [6.45, 7) is 3.47. The van der Waals surface area contributed by atoms with Crippen molar-refractivity contribution < 1.29 is 23.9 Å². The summed E-state index contributed by atoms with van der Waals surface area (Å²) in [5.74, 6) is -0.767. The van der Waals surface area contributed by atoms with Crippen molar-refractivity contribution in [3.8, 4) is 0 Å². The molecule has 1 unspecified atom stereocenters. The predicted octanol–water partition coefficient (Wildman–Crippen LogP) is 3.85. The molecule has 0 aliphatic carbocycles. The molecule has 2 aliphatic heterocycles. The van der Waals surface area contributed by atoms with Gasteiger partial charge in [0.1, 0.15) is 0 Å². The molecular formula is C25H25BrN2O5. The summed E-state index contributed by atoms with van der Waals surface area (Å²) in [6, 6.07) is 12.5. The molecule has 33 heavy (non-hydrogen) atoms. The number of hydrogen-bond acceptors (Lipinski definition) is 6. The van der Waals surface area contributed by atoms with E-state index in [2.05, 4.69) is 27.8 Å². The van der Waals surface area contributed by atoms with Gasteiger partial charge in [-0.05, 0) is 68.2 Å². The Morgan fingerprint density at radius 2 is 1.58 bits per heavy atom. The van der Waals surface area contributed by atoms with Gasteiger partial charge in [0, 0.05) is 10.0 Å². The minimum atomic E-state index is -0.647. The minimum absolute atomic E-state index is 0.176. The second-order valence-electron chi connectivity index (χ2n) is 8.56. The summed E-state index contributed by atoms with van der Waals surface area (Å²) in [5, 5.41) is 0. The zero-order valence-electron chi connectivity index (χ0n) is 18.3. The molecule has 7 nitrogen and oxygen atoms in total. The van der Waals surface area contributed by atoms with Gasteiger partial charge in [0.15, 0.2) is 12.4 Å². The molecule has 2 aliphatic rings. The fourth-order valence-corrected chi connectivity index (χ4v) is 4.46. The third kappa shape index (κ3) is 5.23. The standard InChI is InChI=1S/C25H25BrN2O5/c1-16-10-12-27(13-11-16)21-14-23(30)28(24(21)31)20-8-4-18(5-9-20)25(32)33-15-22(29)17-2-6-19(26)7-3-17/h2-9,16,21H,10-15H2,1H3. The number of Topliss-reactive ketones (excluding diaryl/α,β-unsaturated/α-hetero) is 1. The number of likely N-dealkylation sites (tertiary alicyclic amines) is 1. The quantitative estimate of drug-likeness (QED) is 0.332. The first-order valence-corrected chi connectivity index (χ1v) is 11.8. The third-order valence-corrected chi connectivity index (χ3v) is 6.77. The highest BCUT2D eigenvalue weighted by Gasteiger charge is 2.43. The van der Waals surface area contributed by atoms with Crippen LogP contribution in [0.4, 0.5) is 5.69 Å². The maximum absolute atomic E-state index is 13.0. The lowest BCUT2D eigenvalue weighted by Crippen LogP contribution is -2.45. The zero-order valence-corrected chi connectivity index (χ0v) is 19.9. The number of ketones is 1. The van der Waals surface area contributed by atoms with Crippen LogP contribution < -0.4 is 4.90 Å². The monoisotopic (exact) mass is 512 g/mol. The number of piperidine rings is 1. The van der Waals surface area contributed by atoms with Gasteiger partial charge in [0.2, 0.25) is 5.91 Å². The number of nitrogens with zero attached hydrogens (tertiary/aromatic N) is 2. The molecule has 2 fully saturated rings. The molecule has 8 heteroatoms. The van der Waals surface area contributed by atoms with Crippen LogP contribution in [0.3, 0.4) is 0 Å². The molecule has 172 valence electrons. The largest absolute Gasteiger partial charge is 0.454 e. The summed E-state index contributed by atoms with van der Waals surface area (Å²) < 4.78 is 5.98. The summed E-state index contributed by atoms with van der Waals surface area (Å²) >= 11 is 3.31. The van der Waals surface area contributed by atoms with Crippen molar-refractivity contribution >= 4 is 45.2 Å². The topological polar surface area (TPSA) is 84.0 Å². The van der Waals surface area contributed by atoms with E-state index in [1.807, 2.05) is 0 Å². The van der Waals surface area contributed by atoms with E-state index in [0.29, 0.717) is 17.2 Å². The number of rotatable bonds is 6. The van der Waals surface area contributed by atoms with E-state index < -0.39 is 12.0 Å². The van der Waals surface area contributed by atoms with E-state index in [1.165, 1.54) is 17.0 Å². The van der Waals surface area contributed by atoms with E-state index in [1.54, 1.807) is 36.4 Å². The van der Waals surface area contributed by atoms with E-state index in [9.17, 15) is 19.2 Å². The lowest BCUT2D eigenvalue weighted by molar-refractivity contribution is -0.123. The van der Waals surface area contributed by atoms with Gasteiger partial charge in [-0.1, -0.05) is 35.0 Å². The number of carbonyl (C=O) groups excluding carboxylic acids is 4. The fraction of sp³-hybridized carbons (Fsp3) is 0.360. The highest BCUT2D eigenvalue weighted by Crippen LogP contribution is 2.28. The van der Waals surface area contributed by atoms with Gasteiger partial charge in [-0.2, -0.15) is 0 Å². The molecule has 0 spiro atoms. The Morgan fingerprint density at radius 1 is 0.970 bits per heavy atom. The van der Waals surface area contributed by atoms with Crippen molar-refractivity contribution in [2.45, 2.75) is 32.2 Å². The molecular weight excluding hydrogens is 488 g/mol. The van der Waals surface area contributed by atoms with Crippen LogP contribution in [0.5, 0.6) is 0 Å². The normalized spacial score (nSPS) is 19.7. The molecule has 0 radical (unpaired) electrons. The zero-order chi connectivity index (χ0) is 23.5. The Kier molecular flexibility index (Phi) is 7.05.